The molecule has 0 heterocycles. The molecule has 0 aromatic rings. The van der Waals surface area contributed by atoms with Crippen molar-refractivity contribution in [2.24, 2.45) is 23.7 Å². The molecule has 2 atom stereocenters. The summed E-state index contributed by atoms with van der Waals surface area (Å²) in [5, 5.41) is 0.263. The second kappa shape index (κ2) is 7.96. The van der Waals surface area contributed by atoms with Gasteiger partial charge in [-0.2, -0.15) is 0 Å². The monoisotopic (exact) mass is 338 g/mol. The molecule has 2 aliphatic rings. The van der Waals surface area contributed by atoms with Crippen LogP contribution in [0.5, 0.6) is 0 Å². The fourth-order valence-corrected chi connectivity index (χ4v) is 5.20. The van der Waals surface area contributed by atoms with Crippen molar-refractivity contribution in [1.29, 1.82) is 0 Å². The summed E-state index contributed by atoms with van der Waals surface area (Å²) in [5.74, 6) is 1.07. The molecule has 0 aliphatic heterocycles. The zero-order valence-corrected chi connectivity index (χ0v) is 15.7. The second-order valence-electron chi connectivity index (χ2n) is 7.81. The maximum absolute atomic E-state index is 12.5. The molecule has 2 saturated carbocycles. The fraction of sp³-hybridized carbons (Fsp3) is 0.842. The van der Waals surface area contributed by atoms with Gasteiger partial charge in [0.2, 0.25) is 0 Å². The van der Waals surface area contributed by atoms with Crippen LogP contribution in [0.2, 0.25) is 0 Å². The third-order valence-electron chi connectivity index (χ3n) is 5.26. The molecule has 2 fully saturated rings. The Bertz CT molecular complexity index is 461. The van der Waals surface area contributed by atoms with Gasteiger partial charge < -0.3 is 0 Å². The molecule has 0 bridgehead atoms. The first-order valence-corrected chi connectivity index (χ1v) is 9.99. The largest absolute Gasteiger partial charge is 0.299 e. The van der Waals surface area contributed by atoms with E-state index < -0.39 is 0 Å². The van der Waals surface area contributed by atoms with Crippen LogP contribution in [0.1, 0.15) is 66.2 Å². The molecule has 0 spiro atoms. The number of hydrogen-bond donors (Lipinski definition) is 0. The molecule has 0 aromatic carbocycles. The van der Waals surface area contributed by atoms with E-state index in [1.807, 2.05) is 13.8 Å². The van der Waals surface area contributed by atoms with Crippen molar-refractivity contribution in [2.45, 2.75) is 76.7 Å². The van der Waals surface area contributed by atoms with Crippen LogP contribution in [0.15, 0.2) is 0 Å². The number of hydrogen-bond acceptors (Lipinski definition) is 4. The van der Waals surface area contributed by atoms with E-state index in [4.69, 9.17) is 0 Å². The Balaban J connectivity index is 1.85. The highest BCUT2D eigenvalue weighted by Crippen LogP contribution is 2.39. The zero-order chi connectivity index (χ0) is 17.1. The minimum Gasteiger partial charge on any atom is -0.299 e. The molecule has 0 aromatic heterocycles. The highest BCUT2D eigenvalue weighted by atomic mass is 32.2. The smallest absolute Gasteiger partial charge is 0.156 e. The average Bonchev–Trinajstić information content (AvgIpc) is 2.74. The predicted octanol–water partition coefficient (Wildman–Crippen LogP) is 4.08. The summed E-state index contributed by atoms with van der Waals surface area (Å²) in [4.78, 5) is 36.8. The summed E-state index contributed by atoms with van der Waals surface area (Å²) < 4.78 is 0. The molecule has 3 nitrogen and oxygen atoms in total. The maximum Gasteiger partial charge on any atom is 0.156 e. The summed E-state index contributed by atoms with van der Waals surface area (Å²) in [6.45, 7) is 8.08. The van der Waals surface area contributed by atoms with Crippen LogP contribution in [0.4, 0.5) is 0 Å². The van der Waals surface area contributed by atoms with Crippen molar-refractivity contribution in [3.8, 4) is 0 Å². The predicted molar refractivity (Wildman–Crippen MR) is 94.5 cm³/mol. The SMILES string of the molecule is CC(C)SC1CC(=O)C(CC2CCC(C(=O)C(C)C)CC2)C1=O. The van der Waals surface area contributed by atoms with Gasteiger partial charge in [0.1, 0.15) is 11.6 Å². The molecule has 0 amide bonds. The minimum atomic E-state index is -0.367. The number of carbonyl (C=O) groups is 3. The van der Waals surface area contributed by atoms with E-state index in [1.165, 1.54) is 0 Å². The van der Waals surface area contributed by atoms with Crippen molar-refractivity contribution >= 4 is 29.1 Å². The number of rotatable bonds is 6. The summed E-state index contributed by atoms with van der Waals surface area (Å²) >= 11 is 1.63. The zero-order valence-electron chi connectivity index (χ0n) is 14.8. The van der Waals surface area contributed by atoms with E-state index in [2.05, 4.69) is 13.8 Å². The van der Waals surface area contributed by atoms with Crippen LogP contribution in [0.25, 0.3) is 0 Å². The molecule has 2 unspecified atom stereocenters. The quantitative estimate of drug-likeness (QED) is 0.685. The molecular weight excluding hydrogens is 308 g/mol. The normalized spacial score (nSPS) is 32.1. The summed E-state index contributed by atoms with van der Waals surface area (Å²) in [6.07, 6.45) is 4.98. The Labute approximate surface area is 144 Å². The van der Waals surface area contributed by atoms with Gasteiger partial charge in [0.15, 0.2) is 5.78 Å². The van der Waals surface area contributed by atoms with Gasteiger partial charge in [-0.15, -0.1) is 11.8 Å². The Morgan fingerprint density at radius 3 is 2.22 bits per heavy atom. The molecule has 23 heavy (non-hydrogen) atoms. The van der Waals surface area contributed by atoms with Crippen molar-refractivity contribution in [3.05, 3.63) is 0 Å². The van der Waals surface area contributed by atoms with E-state index >= 15 is 0 Å². The number of carbonyl (C=O) groups excluding carboxylic acids is 3. The number of thioether (sulfide) groups is 1. The van der Waals surface area contributed by atoms with E-state index in [0.29, 0.717) is 23.4 Å². The standard InChI is InChI=1S/C19H30O3S/c1-11(2)18(21)14-7-5-13(6-8-14)9-15-16(20)10-17(19(15)22)23-12(3)4/h11-15,17H,5-10H2,1-4H3. The lowest BCUT2D eigenvalue weighted by molar-refractivity contribution is -0.129. The van der Waals surface area contributed by atoms with Gasteiger partial charge in [-0.25, -0.2) is 0 Å². The van der Waals surface area contributed by atoms with Crippen LogP contribution in [-0.2, 0) is 14.4 Å². The Kier molecular flexibility index (Phi) is 6.47. The first-order chi connectivity index (χ1) is 10.8. The third kappa shape index (κ3) is 4.68. The number of Topliss-reactive ketones (excluding diaryl/α,β-unsaturated/α-hetero) is 3. The molecule has 4 heteroatoms. The molecule has 2 rings (SSSR count). The topological polar surface area (TPSA) is 51.2 Å². The molecule has 0 radical (unpaired) electrons. The molecule has 130 valence electrons. The molecule has 2 aliphatic carbocycles. The average molecular weight is 339 g/mol. The molecular formula is C19H30O3S. The Morgan fingerprint density at radius 1 is 1.09 bits per heavy atom. The molecule has 0 saturated heterocycles. The van der Waals surface area contributed by atoms with Crippen LogP contribution < -0.4 is 0 Å². The fourth-order valence-electron chi connectivity index (χ4n) is 3.99. The maximum atomic E-state index is 12.5. The van der Waals surface area contributed by atoms with Crippen LogP contribution in [0, 0.1) is 23.7 Å². The Morgan fingerprint density at radius 2 is 1.70 bits per heavy atom. The van der Waals surface area contributed by atoms with E-state index in [0.717, 1.165) is 32.1 Å². The van der Waals surface area contributed by atoms with Gasteiger partial charge in [-0.05, 0) is 43.3 Å². The minimum absolute atomic E-state index is 0.114. The first kappa shape index (κ1) is 18.7. The van der Waals surface area contributed by atoms with Crippen molar-refractivity contribution < 1.29 is 14.4 Å². The first-order valence-electron chi connectivity index (χ1n) is 9.05. The van der Waals surface area contributed by atoms with Gasteiger partial charge in [0, 0.05) is 18.3 Å². The van der Waals surface area contributed by atoms with E-state index in [9.17, 15) is 14.4 Å². The third-order valence-corrected chi connectivity index (χ3v) is 6.53. The second-order valence-corrected chi connectivity index (χ2v) is 9.59. The van der Waals surface area contributed by atoms with Crippen molar-refractivity contribution in [1.82, 2.24) is 0 Å². The summed E-state index contributed by atoms with van der Waals surface area (Å²) in [5.41, 5.74) is 0. The lowest BCUT2D eigenvalue weighted by Crippen LogP contribution is -2.28. The van der Waals surface area contributed by atoms with Crippen LogP contribution in [-0.4, -0.2) is 27.8 Å². The van der Waals surface area contributed by atoms with Crippen molar-refractivity contribution in [2.75, 3.05) is 0 Å². The lowest BCUT2D eigenvalue weighted by Gasteiger charge is -2.29. The summed E-state index contributed by atoms with van der Waals surface area (Å²) in [7, 11) is 0. The lowest BCUT2D eigenvalue weighted by atomic mass is 9.74. The van der Waals surface area contributed by atoms with E-state index in [-0.39, 0.29) is 34.6 Å². The number of ketones is 3. The van der Waals surface area contributed by atoms with Crippen LogP contribution in [0.3, 0.4) is 0 Å². The van der Waals surface area contributed by atoms with Gasteiger partial charge in [-0.3, -0.25) is 14.4 Å². The van der Waals surface area contributed by atoms with E-state index in [1.54, 1.807) is 11.8 Å². The van der Waals surface area contributed by atoms with Crippen molar-refractivity contribution in [3.63, 3.8) is 0 Å². The highest BCUT2D eigenvalue weighted by Gasteiger charge is 2.43. The van der Waals surface area contributed by atoms with Crippen LogP contribution >= 0.6 is 11.8 Å². The highest BCUT2D eigenvalue weighted by molar-refractivity contribution is 8.01. The summed E-state index contributed by atoms with van der Waals surface area (Å²) in [6, 6.07) is 0. The molecule has 0 N–H and O–H groups in total. The van der Waals surface area contributed by atoms with Gasteiger partial charge in [0.25, 0.3) is 0 Å². The Hall–Kier alpha value is -0.640. The van der Waals surface area contributed by atoms with Gasteiger partial charge in [-0.1, -0.05) is 27.7 Å². The van der Waals surface area contributed by atoms with Gasteiger partial charge >= 0.3 is 0 Å². The van der Waals surface area contributed by atoms with Gasteiger partial charge in [0.05, 0.1) is 11.2 Å².